The van der Waals surface area contributed by atoms with Gasteiger partial charge in [0.2, 0.25) is 0 Å². The fraction of sp³-hybridized carbons (Fsp3) is 0.889. The Morgan fingerprint density at radius 2 is 1.80 bits per heavy atom. The molecule has 2 unspecified atom stereocenters. The number of nitrogens with one attached hydrogen (secondary N) is 2. The molecule has 1 saturated heterocycles. The zero-order chi connectivity index (χ0) is 15.0. The number of piperidine rings is 1. The molecule has 0 amide bonds. The van der Waals surface area contributed by atoms with E-state index in [0.717, 1.165) is 11.8 Å². The molecule has 1 aliphatic heterocycles. The van der Waals surface area contributed by atoms with Crippen molar-refractivity contribution in [1.82, 2.24) is 10.6 Å². The molecule has 116 valence electrons. The summed E-state index contributed by atoms with van der Waals surface area (Å²) in [5.74, 6) is 1.59. The third-order valence-corrected chi connectivity index (χ3v) is 4.77. The smallest absolute Gasteiger partial charge is 0.0144 e. The first-order valence-corrected chi connectivity index (χ1v) is 8.35. The van der Waals surface area contributed by atoms with Crippen LogP contribution in [0.4, 0.5) is 0 Å². The molecule has 1 aliphatic carbocycles. The number of rotatable bonds is 3. The van der Waals surface area contributed by atoms with E-state index < -0.39 is 0 Å². The van der Waals surface area contributed by atoms with Crippen LogP contribution in [0.2, 0.25) is 0 Å². The summed E-state index contributed by atoms with van der Waals surface area (Å²) in [6, 6.07) is 0.655. The van der Waals surface area contributed by atoms with E-state index in [1.165, 1.54) is 32.2 Å². The fourth-order valence-electron chi connectivity index (χ4n) is 4.64. The molecule has 2 atom stereocenters. The molecule has 2 rings (SSSR count). The second-order valence-corrected chi connectivity index (χ2v) is 8.70. The van der Waals surface area contributed by atoms with Crippen LogP contribution in [0, 0.1) is 11.8 Å². The Hall–Kier alpha value is -0.340. The molecule has 1 heterocycles. The Labute approximate surface area is 125 Å². The maximum atomic E-state index is 3.88. The Morgan fingerprint density at radius 3 is 2.35 bits per heavy atom. The van der Waals surface area contributed by atoms with Crippen LogP contribution in [0.25, 0.3) is 0 Å². The highest BCUT2D eigenvalue weighted by Crippen LogP contribution is 2.30. The maximum absolute atomic E-state index is 3.88. The number of hydrogen-bond donors (Lipinski definition) is 2. The molecular formula is C18H34N2. The first kappa shape index (κ1) is 16.0. The lowest BCUT2D eigenvalue weighted by Gasteiger charge is -2.47. The molecule has 0 aromatic carbocycles. The third kappa shape index (κ3) is 4.60. The number of allylic oxidation sites excluding steroid dienone is 2. The van der Waals surface area contributed by atoms with E-state index in [-0.39, 0.29) is 11.1 Å². The van der Waals surface area contributed by atoms with Crippen molar-refractivity contribution in [1.29, 1.82) is 0 Å². The van der Waals surface area contributed by atoms with E-state index in [9.17, 15) is 0 Å². The van der Waals surface area contributed by atoms with E-state index in [1.54, 1.807) is 5.57 Å². The van der Waals surface area contributed by atoms with Gasteiger partial charge >= 0.3 is 0 Å². The zero-order valence-electron chi connectivity index (χ0n) is 14.3. The fourth-order valence-corrected chi connectivity index (χ4v) is 4.64. The first-order valence-electron chi connectivity index (χ1n) is 8.35. The van der Waals surface area contributed by atoms with Crippen LogP contribution in [-0.2, 0) is 0 Å². The lowest BCUT2D eigenvalue weighted by atomic mass is 9.79. The molecule has 2 heteroatoms. The molecule has 2 N–H and O–H groups in total. The summed E-state index contributed by atoms with van der Waals surface area (Å²) in [5, 5.41) is 7.64. The second-order valence-electron chi connectivity index (χ2n) is 8.70. The normalized spacial score (nSPS) is 33.8. The largest absolute Gasteiger partial charge is 0.314 e. The quantitative estimate of drug-likeness (QED) is 0.766. The van der Waals surface area contributed by atoms with Crippen molar-refractivity contribution in [3.05, 3.63) is 11.6 Å². The minimum absolute atomic E-state index is 0.245. The van der Waals surface area contributed by atoms with Crippen molar-refractivity contribution in [2.45, 2.75) is 84.3 Å². The molecule has 0 spiro atoms. The third-order valence-electron chi connectivity index (χ3n) is 4.77. The monoisotopic (exact) mass is 278 g/mol. The first-order chi connectivity index (χ1) is 9.15. The molecule has 20 heavy (non-hydrogen) atoms. The minimum Gasteiger partial charge on any atom is -0.314 e. The Balaban J connectivity index is 1.86. The molecule has 0 radical (unpaired) electrons. The highest BCUT2D eigenvalue weighted by atomic mass is 15.1. The average molecular weight is 278 g/mol. The summed E-state index contributed by atoms with van der Waals surface area (Å²) in [6.45, 7) is 15.2. The van der Waals surface area contributed by atoms with Gasteiger partial charge in [-0.1, -0.05) is 18.6 Å². The predicted octanol–water partition coefficient (Wildman–Crippen LogP) is 3.88. The van der Waals surface area contributed by atoms with Crippen molar-refractivity contribution >= 4 is 0 Å². The lowest BCUT2D eigenvalue weighted by Crippen LogP contribution is -2.61. The zero-order valence-corrected chi connectivity index (χ0v) is 14.3. The van der Waals surface area contributed by atoms with E-state index in [0.29, 0.717) is 6.04 Å². The van der Waals surface area contributed by atoms with Gasteiger partial charge in [0.25, 0.3) is 0 Å². The topological polar surface area (TPSA) is 24.1 Å². The van der Waals surface area contributed by atoms with Crippen molar-refractivity contribution in [3.63, 3.8) is 0 Å². The predicted molar refractivity (Wildman–Crippen MR) is 88.0 cm³/mol. The van der Waals surface area contributed by atoms with Crippen molar-refractivity contribution in [2.75, 3.05) is 6.54 Å². The summed E-state index contributed by atoms with van der Waals surface area (Å²) in [6.07, 6.45) is 7.55. The molecular weight excluding hydrogens is 244 g/mol. The lowest BCUT2D eigenvalue weighted by molar-refractivity contribution is 0.142. The Morgan fingerprint density at radius 1 is 1.20 bits per heavy atom. The number of hydrogen-bond acceptors (Lipinski definition) is 2. The SMILES string of the molecule is CC1=CC(C)CC(CNC2CC(C)(C)NC(C)(C)C2)C1. The Kier molecular flexibility index (Phi) is 4.66. The van der Waals surface area contributed by atoms with Gasteiger partial charge in [0.15, 0.2) is 0 Å². The van der Waals surface area contributed by atoms with Gasteiger partial charge in [-0.3, -0.25) is 0 Å². The van der Waals surface area contributed by atoms with Crippen LogP contribution in [0.3, 0.4) is 0 Å². The molecule has 0 aromatic rings. The molecule has 0 saturated carbocycles. The molecule has 0 bridgehead atoms. The van der Waals surface area contributed by atoms with E-state index >= 15 is 0 Å². The molecule has 0 aromatic heterocycles. The highest BCUT2D eigenvalue weighted by molar-refractivity contribution is 5.07. The van der Waals surface area contributed by atoms with E-state index in [2.05, 4.69) is 58.3 Å². The highest BCUT2D eigenvalue weighted by Gasteiger charge is 2.37. The summed E-state index contributed by atoms with van der Waals surface area (Å²) < 4.78 is 0. The summed E-state index contributed by atoms with van der Waals surface area (Å²) in [4.78, 5) is 0. The summed E-state index contributed by atoms with van der Waals surface area (Å²) >= 11 is 0. The molecule has 1 fully saturated rings. The minimum atomic E-state index is 0.245. The van der Waals surface area contributed by atoms with Crippen LogP contribution >= 0.6 is 0 Å². The standard InChI is InChI=1S/C18H34N2/c1-13-7-14(2)9-15(8-13)12-19-16-10-17(3,4)20-18(5,6)11-16/h7,13,15-16,19-20H,8-12H2,1-6H3. The van der Waals surface area contributed by atoms with Gasteiger partial charge in [0.1, 0.15) is 0 Å². The van der Waals surface area contributed by atoms with Gasteiger partial charge in [-0.25, -0.2) is 0 Å². The van der Waals surface area contributed by atoms with Crippen LogP contribution in [0.5, 0.6) is 0 Å². The van der Waals surface area contributed by atoms with Crippen LogP contribution in [0.1, 0.15) is 67.2 Å². The van der Waals surface area contributed by atoms with Gasteiger partial charge in [0.05, 0.1) is 0 Å². The average Bonchev–Trinajstić information content (AvgIpc) is 2.20. The van der Waals surface area contributed by atoms with Crippen molar-refractivity contribution < 1.29 is 0 Å². The van der Waals surface area contributed by atoms with E-state index in [1.807, 2.05) is 0 Å². The van der Waals surface area contributed by atoms with Gasteiger partial charge in [-0.05, 0) is 78.7 Å². The molecule has 2 aliphatic rings. The van der Waals surface area contributed by atoms with Gasteiger partial charge in [0, 0.05) is 17.1 Å². The summed E-state index contributed by atoms with van der Waals surface area (Å²) in [5.41, 5.74) is 2.08. The van der Waals surface area contributed by atoms with Crippen LogP contribution < -0.4 is 10.6 Å². The van der Waals surface area contributed by atoms with Crippen LogP contribution in [0.15, 0.2) is 11.6 Å². The Bertz CT molecular complexity index is 352. The summed E-state index contributed by atoms with van der Waals surface area (Å²) in [7, 11) is 0. The van der Waals surface area contributed by atoms with Gasteiger partial charge in [-0.2, -0.15) is 0 Å². The van der Waals surface area contributed by atoms with Crippen molar-refractivity contribution in [3.8, 4) is 0 Å². The maximum Gasteiger partial charge on any atom is 0.0144 e. The van der Waals surface area contributed by atoms with E-state index in [4.69, 9.17) is 0 Å². The van der Waals surface area contributed by atoms with Gasteiger partial charge in [-0.15, -0.1) is 0 Å². The van der Waals surface area contributed by atoms with Crippen molar-refractivity contribution in [2.24, 2.45) is 11.8 Å². The van der Waals surface area contributed by atoms with Gasteiger partial charge < -0.3 is 10.6 Å². The van der Waals surface area contributed by atoms with Crippen LogP contribution in [-0.4, -0.2) is 23.7 Å². The second kappa shape index (κ2) is 5.81. The molecule has 2 nitrogen and oxygen atoms in total.